The zero-order valence-electron chi connectivity index (χ0n) is 12.8. The van der Waals surface area contributed by atoms with Gasteiger partial charge in [-0.15, -0.1) is 0 Å². The standard InChI is InChI=1S/C16H17FN4O/c1-4-21-11(3)14(10(2)19-21)8-20-9-18-15-7-12(17)5-6-13(15)16(20)22/h5-7,9H,4,8H2,1-3H3. The third-order valence-corrected chi connectivity index (χ3v) is 3.95. The van der Waals surface area contributed by atoms with Crippen molar-refractivity contribution in [3.8, 4) is 0 Å². The molecule has 0 bridgehead atoms. The Morgan fingerprint density at radius 2 is 2.05 bits per heavy atom. The Hall–Kier alpha value is -2.50. The lowest BCUT2D eigenvalue weighted by atomic mass is 10.2. The van der Waals surface area contributed by atoms with Crippen molar-refractivity contribution in [2.24, 2.45) is 0 Å². The number of fused-ring (bicyclic) bond motifs is 1. The number of hydrogen-bond acceptors (Lipinski definition) is 3. The predicted molar refractivity (Wildman–Crippen MR) is 82.4 cm³/mol. The third kappa shape index (κ3) is 2.30. The molecule has 0 fully saturated rings. The minimum atomic E-state index is -0.395. The zero-order valence-corrected chi connectivity index (χ0v) is 12.8. The molecule has 3 rings (SSSR count). The van der Waals surface area contributed by atoms with Crippen molar-refractivity contribution in [1.82, 2.24) is 19.3 Å². The summed E-state index contributed by atoms with van der Waals surface area (Å²) in [7, 11) is 0. The number of hydrogen-bond donors (Lipinski definition) is 0. The van der Waals surface area contributed by atoms with Crippen LogP contribution in [0.4, 0.5) is 4.39 Å². The Bertz CT molecular complexity index is 910. The molecule has 0 aliphatic rings. The number of rotatable bonds is 3. The van der Waals surface area contributed by atoms with Crippen molar-refractivity contribution in [2.75, 3.05) is 0 Å². The fourth-order valence-corrected chi connectivity index (χ4v) is 2.69. The lowest BCUT2D eigenvalue weighted by Crippen LogP contribution is -2.21. The van der Waals surface area contributed by atoms with Gasteiger partial charge in [0.25, 0.3) is 5.56 Å². The van der Waals surface area contributed by atoms with Crippen LogP contribution in [0.1, 0.15) is 23.9 Å². The molecule has 2 aromatic heterocycles. The number of aryl methyl sites for hydroxylation is 2. The van der Waals surface area contributed by atoms with Gasteiger partial charge in [0.15, 0.2) is 0 Å². The molecular weight excluding hydrogens is 283 g/mol. The molecule has 0 atom stereocenters. The molecule has 0 aliphatic heterocycles. The molecule has 0 unspecified atom stereocenters. The van der Waals surface area contributed by atoms with Gasteiger partial charge in [0, 0.05) is 23.9 Å². The van der Waals surface area contributed by atoms with Crippen LogP contribution in [0.3, 0.4) is 0 Å². The summed E-state index contributed by atoms with van der Waals surface area (Å²) < 4.78 is 16.7. The van der Waals surface area contributed by atoms with Crippen LogP contribution >= 0.6 is 0 Å². The monoisotopic (exact) mass is 300 g/mol. The molecule has 5 nitrogen and oxygen atoms in total. The molecule has 6 heteroatoms. The first-order valence-corrected chi connectivity index (χ1v) is 7.19. The summed E-state index contributed by atoms with van der Waals surface area (Å²) in [6, 6.07) is 4.03. The molecule has 0 radical (unpaired) electrons. The number of aromatic nitrogens is 4. The van der Waals surface area contributed by atoms with E-state index < -0.39 is 5.82 Å². The van der Waals surface area contributed by atoms with E-state index in [2.05, 4.69) is 10.1 Å². The molecule has 1 aromatic carbocycles. The van der Waals surface area contributed by atoms with Crippen LogP contribution in [-0.2, 0) is 13.1 Å². The van der Waals surface area contributed by atoms with Gasteiger partial charge < -0.3 is 0 Å². The van der Waals surface area contributed by atoms with E-state index in [0.29, 0.717) is 17.4 Å². The molecule has 114 valence electrons. The van der Waals surface area contributed by atoms with Gasteiger partial charge in [-0.1, -0.05) is 0 Å². The predicted octanol–water partition coefficient (Wildman–Crippen LogP) is 2.42. The molecule has 3 aromatic rings. The van der Waals surface area contributed by atoms with E-state index in [1.165, 1.54) is 29.1 Å². The van der Waals surface area contributed by atoms with Crippen molar-refractivity contribution < 1.29 is 4.39 Å². The van der Waals surface area contributed by atoms with Crippen molar-refractivity contribution in [2.45, 2.75) is 33.9 Å². The second kappa shape index (κ2) is 5.36. The van der Waals surface area contributed by atoms with Crippen molar-refractivity contribution in [3.63, 3.8) is 0 Å². The van der Waals surface area contributed by atoms with Crippen LogP contribution in [-0.4, -0.2) is 19.3 Å². The number of benzene rings is 1. The topological polar surface area (TPSA) is 52.7 Å². The maximum absolute atomic E-state index is 13.2. The molecule has 2 heterocycles. The van der Waals surface area contributed by atoms with Crippen LogP contribution in [0.5, 0.6) is 0 Å². The van der Waals surface area contributed by atoms with Gasteiger partial charge >= 0.3 is 0 Å². The van der Waals surface area contributed by atoms with Crippen LogP contribution in [0.25, 0.3) is 10.9 Å². The summed E-state index contributed by atoms with van der Waals surface area (Å²) in [6.07, 6.45) is 1.46. The fourth-order valence-electron chi connectivity index (χ4n) is 2.69. The molecule has 0 N–H and O–H groups in total. The van der Waals surface area contributed by atoms with Crippen molar-refractivity contribution in [3.05, 3.63) is 57.6 Å². The molecule has 0 saturated heterocycles. The van der Waals surface area contributed by atoms with Gasteiger partial charge in [0.2, 0.25) is 0 Å². The molecule has 0 aliphatic carbocycles. The minimum absolute atomic E-state index is 0.173. The third-order valence-electron chi connectivity index (χ3n) is 3.95. The van der Waals surface area contributed by atoms with E-state index >= 15 is 0 Å². The Labute approximate surface area is 127 Å². The fraction of sp³-hybridized carbons (Fsp3) is 0.312. The molecule has 22 heavy (non-hydrogen) atoms. The lowest BCUT2D eigenvalue weighted by Gasteiger charge is -2.07. The second-order valence-corrected chi connectivity index (χ2v) is 5.30. The highest BCUT2D eigenvalue weighted by Gasteiger charge is 2.13. The first kappa shape index (κ1) is 14.4. The average molecular weight is 300 g/mol. The van der Waals surface area contributed by atoms with E-state index in [1.54, 1.807) is 0 Å². The first-order chi connectivity index (χ1) is 10.5. The molecule has 0 saturated carbocycles. The van der Waals surface area contributed by atoms with Gasteiger partial charge in [0.1, 0.15) is 5.82 Å². The highest BCUT2D eigenvalue weighted by Crippen LogP contribution is 2.15. The van der Waals surface area contributed by atoms with E-state index in [-0.39, 0.29) is 5.56 Å². The van der Waals surface area contributed by atoms with Gasteiger partial charge in [-0.05, 0) is 32.9 Å². The molecular formula is C16H17FN4O. The Kier molecular flexibility index (Phi) is 3.52. The van der Waals surface area contributed by atoms with E-state index in [9.17, 15) is 9.18 Å². The first-order valence-electron chi connectivity index (χ1n) is 7.19. The van der Waals surface area contributed by atoms with Crippen LogP contribution < -0.4 is 5.56 Å². The Balaban J connectivity index is 2.09. The van der Waals surface area contributed by atoms with Crippen LogP contribution in [0, 0.1) is 19.7 Å². The number of halogens is 1. The maximum Gasteiger partial charge on any atom is 0.261 e. The maximum atomic E-state index is 13.2. The summed E-state index contributed by atoms with van der Waals surface area (Å²) in [6.45, 7) is 7.16. The van der Waals surface area contributed by atoms with Crippen molar-refractivity contribution >= 4 is 10.9 Å². The van der Waals surface area contributed by atoms with Crippen molar-refractivity contribution in [1.29, 1.82) is 0 Å². The lowest BCUT2D eigenvalue weighted by molar-refractivity contribution is 0.628. The van der Waals surface area contributed by atoms with Gasteiger partial charge in [0.05, 0.1) is 29.5 Å². The summed E-state index contributed by atoms with van der Waals surface area (Å²) in [5, 5.41) is 4.88. The van der Waals surface area contributed by atoms with E-state index in [0.717, 1.165) is 23.5 Å². The Morgan fingerprint density at radius 1 is 1.27 bits per heavy atom. The van der Waals surface area contributed by atoms with Crippen LogP contribution in [0.2, 0.25) is 0 Å². The SMILES string of the molecule is CCn1nc(C)c(Cn2cnc3cc(F)ccc3c2=O)c1C. The summed E-state index contributed by atoms with van der Waals surface area (Å²) in [4.78, 5) is 16.7. The largest absolute Gasteiger partial charge is 0.294 e. The minimum Gasteiger partial charge on any atom is -0.294 e. The van der Waals surface area contributed by atoms with Gasteiger partial charge in [-0.25, -0.2) is 9.37 Å². The quantitative estimate of drug-likeness (QED) is 0.746. The summed E-state index contributed by atoms with van der Waals surface area (Å²) >= 11 is 0. The summed E-state index contributed by atoms with van der Waals surface area (Å²) in [5.74, 6) is -0.395. The highest BCUT2D eigenvalue weighted by atomic mass is 19.1. The van der Waals surface area contributed by atoms with Gasteiger partial charge in [-0.2, -0.15) is 5.10 Å². The van der Waals surface area contributed by atoms with E-state index in [4.69, 9.17) is 0 Å². The zero-order chi connectivity index (χ0) is 15.9. The summed E-state index contributed by atoms with van der Waals surface area (Å²) in [5.41, 5.74) is 3.18. The van der Waals surface area contributed by atoms with Crippen LogP contribution in [0.15, 0.2) is 29.3 Å². The molecule has 0 spiro atoms. The normalized spacial score (nSPS) is 11.3. The molecule has 0 amide bonds. The van der Waals surface area contributed by atoms with Gasteiger partial charge in [-0.3, -0.25) is 14.0 Å². The number of nitrogens with zero attached hydrogens (tertiary/aromatic N) is 4. The highest BCUT2D eigenvalue weighted by molar-refractivity contribution is 5.77. The second-order valence-electron chi connectivity index (χ2n) is 5.30. The Morgan fingerprint density at radius 3 is 2.73 bits per heavy atom. The smallest absolute Gasteiger partial charge is 0.261 e. The average Bonchev–Trinajstić information content (AvgIpc) is 2.77. The van der Waals surface area contributed by atoms with E-state index in [1.807, 2.05) is 25.5 Å².